The Labute approximate surface area is 124 Å². The lowest BCUT2D eigenvalue weighted by molar-refractivity contribution is -0.112. The number of carbonyl (C=O) groups excluding carboxylic acids is 1. The van der Waals surface area contributed by atoms with Crippen LogP contribution in [0.15, 0.2) is 18.2 Å². The molecule has 1 aromatic carbocycles. The summed E-state index contributed by atoms with van der Waals surface area (Å²) in [5.41, 5.74) is 0.296. The number of hydrogen-bond acceptors (Lipinski definition) is 5. The van der Waals surface area contributed by atoms with Gasteiger partial charge in [-0.05, 0) is 12.1 Å². The topological polar surface area (TPSA) is 54.0 Å². The van der Waals surface area contributed by atoms with E-state index in [0.29, 0.717) is 30.3 Å². The van der Waals surface area contributed by atoms with Gasteiger partial charge in [0, 0.05) is 25.9 Å². The third-order valence-corrected chi connectivity index (χ3v) is 4.16. The fourth-order valence-corrected chi connectivity index (χ4v) is 3.03. The maximum Gasteiger partial charge on any atom is 0.172 e. The highest BCUT2D eigenvalue weighted by molar-refractivity contribution is 5.81. The molecule has 114 valence electrons. The van der Waals surface area contributed by atoms with Crippen LogP contribution in [0.5, 0.6) is 11.5 Å². The number of hydrogen-bond donors (Lipinski definition) is 0. The minimum atomic E-state index is -0.216. The summed E-state index contributed by atoms with van der Waals surface area (Å²) in [6, 6.07) is 5.32. The van der Waals surface area contributed by atoms with Crippen molar-refractivity contribution in [2.75, 3.05) is 26.9 Å². The Morgan fingerprint density at radius 3 is 3.00 bits per heavy atom. The van der Waals surface area contributed by atoms with E-state index in [1.165, 1.54) is 0 Å². The van der Waals surface area contributed by atoms with Crippen molar-refractivity contribution in [1.82, 2.24) is 0 Å². The van der Waals surface area contributed by atoms with Crippen LogP contribution in [-0.2, 0) is 9.47 Å². The summed E-state index contributed by atoms with van der Waals surface area (Å²) in [6.07, 6.45) is 3.29. The number of aldehydes is 1. The second kappa shape index (κ2) is 6.03. The Hall–Kier alpha value is -1.59. The molecule has 1 aromatic rings. The van der Waals surface area contributed by atoms with Crippen LogP contribution in [0, 0.1) is 0 Å². The Bertz CT molecular complexity index is 507. The molecule has 2 fully saturated rings. The van der Waals surface area contributed by atoms with E-state index in [2.05, 4.69) is 0 Å². The normalized spacial score (nSPS) is 28.5. The average molecular weight is 292 g/mol. The standard InChI is InChI=1S/C16H20O5/c1-18-14-4-2-3-12(10-17)15(14)21-13-5-7-20-16(9-13)6-8-19-11-16/h2-4,10,13H,5-9,11H2,1H3. The van der Waals surface area contributed by atoms with Crippen LogP contribution in [0.25, 0.3) is 0 Å². The molecule has 0 amide bonds. The molecule has 0 bridgehead atoms. The summed E-state index contributed by atoms with van der Waals surface area (Å²) in [7, 11) is 1.58. The maximum absolute atomic E-state index is 11.2. The Morgan fingerprint density at radius 2 is 2.29 bits per heavy atom. The third kappa shape index (κ3) is 2.89. The van der Waals surface area contributed by atoms with Crippen LogP contribution >= 0.6 is 0 Å². The fraction of sp³-hybridized carbons (Fsp3) is 0.562. The van der Waals surface area contributed by atoms with E-state index in [0.717, 1.165) is 32.2 Å². The van der Waals surface area contributed by atoms with Gasteiger partial charge in [-0.15, -0.1) is 0 Å². The number of benzene rings is 1. The van der Waals surface area contributed by atoms with Crippen molar-refractivity contribution in [2.24, 2.45) is 0 Å². The Balaban J connectivity index is 1.78. The lowest BCUT2D eigenvalue weighted by atomic mass is 9.91. The predicted octanol–water partition coefficient (Wildman–Crippen LogP) is 2.22. The average Bonchev–Trinajstić information content (AvgIpc) is 2.95. The van der Waals surface area contributed by atoms with Crippen LogP contribution in [-0.4, -0.2) is 44.9 Å². The van der Waals surface area contributed by atoms with Crippen molar-refractivity contribution < 1.29 is 23.7 Å². The summed E-state index contributed by atoms with van der Waals surface area (Å²) < 4.78 is 22.8. The van der Waals surface area contributed by atoms with Gasteiger partial charge in [-0.25, -0.2) is 0 Å². The zero-order valence-electron chi connectivity index (χ0n) is 12.2. The van der Waals surface area contributed by atoms with Gasteiger partial charge in [0.05, 0.1) is 31.5 Å². The first kappa shape index (κ1) is 14.4. The van der Waals surface area contributed by atoms with Crippen molar-refractivity contribution in [2.45, 2.75) is 31.0 Å². The molecular formula is C16H20O5. The number of para-hydroxylation sites is 1. The lowest BCUT2D eigenvalue weighted by Gasteiger charge is -2.37. The van der Waals surface area contributed by atoms with Gasteiger partial charge in [-0.2, -0.15) is 0 Å². The lowest BCUT2D eigenvalue weighted by Crippen LogP contribution is -2.44. The molecule has 2 heterocycles. The second-order valence-electron chi connectivity index (χ2n) is 5.56. The van der Waals surface area contributed by atoms with E-state index in [1.807, 2.05) is 0 Å². The number of methoxy groups -OCH3 is 1. The van der Waals surface area contributed by atoms with E-state index in [9.17, 15) is 4.79 Å². The highest BCUT2D eigenvalue weighted by atomic mass is 16.6. The molecule has 0 aliphatic carbocycles. The van der Waals surface area contributed by atoms with Gasteiger partial charge >= 0.3 is 0 Å². The van der Waals surface area contributed by atoms with Crippen molar-refractivity contribution in [1.29, 1.82) is 0 Å². The number of rotatable bonds is 4. The summed E-state index contributed by atoms with van der Waals surface area (Å²) in [4.78, 5) is 11.2. The smallest absolute Gasteiger partial charge is 0.172 e. The number of carbonyl (C=O) groups is 1. The zero-order chi connectivity index (χ0) is 14.7. The van der Waals surface area contributed by atoms with Gasteiger partial charge in [0.25, 0.3) is 0 Å². The molecule has 21 heavy (non-hydrogen) atoms. The Kier molecular flexibility index (Phi) is 4.12. The van der Waals surface area contributed by atoms with Crippen molar-refractivity contribution in [3.8, 4) is 11.5 Å². The molecule has 0 N–H and O–H groups in total. The quantitative estimate of drug-likeness (QED) is 0.797. The largest absolute Gasteiger partial charge is 0.493 e. The SMILES string of the molecule is COc1cccc(C=O)c1OC1CCOC2(CCOC2)C1. The molecule has 1 spiro atoms. The summed E-state index contributed by atoms with van der Waals surface area (Å²) in [5.74, 6) is 1.11. The third-order valence-electron chi connectivity index (χ3n) is 4.16. The minimum Gasteiger partial charge on any atom is -0.493 e. The van der Waals surface area contributed by atoms with E-state index in [1.54, 1.807) is 25.3 Å². The van der Waals surface area contributed by atoms with Crippen LogP contribution < -0.4 is 9.47 Å². The first-order chi connectivity index (χ1) is 10.3. The van der Waals surface area contributed by atoms with E-state index in [-0.39, 0.29) is 11.7 Å². The molecule has 0 radical (unpaired) electrons. The highest BCUT2D eigenvalue weighted by Crippen LogP contribution is 2.37. The molecule has 5 heteroatoms. The van der Waals surface area contributed by atoms with E-state index >= 15 is 0 Å². The zero-order valence-corrected chi connectivity index (χ0v) is 12.2. The van der Waals surface area contributed by atoms with Gasteiger partial charge in [-0.3, -0.25) is 4.79 Å². The summed E-state index contributed by atoms with van der Waals surface area (Å²) in [5, 5.41) is 0. The molecule has 0 saturated carbocycles. The molecule has 2 saturated heterocycles. The van der Waals surface area contributed by atoms with Crippen LogP contribution in [0.2, 0.25) is 0 Å². The summed E-state index contributed by atoms with van der Waals surface area (Å²) >= 11 is 0. The molecule has 2 unspecified atom stereocenters. The number of ether oxygens (including phenoxy) is 4. The first-order valence-electron chi connectivity index (χ1n) is 7.27. The highest BCUT2D eigenvalue weighted by Gasteiger charge is 2.42. The maximum atomic E-state index is 11.2. The summed E-state index contributed by atoms with van der Waals surface area (Å²) in [6.45, 7) is 2.01. The molecule has 0 aromatic heterocycles. The van der Waals surface area contributed by atoms with Crippen molar-refractivity contribution in [3.05, 3.63) is 23.8 Å². The first-order valence-corrected chi connectivity index (χ1v) is 7.27. The molecule has 2 aliphatic rings. The fourth-order valence-electron chi connectivity index (χ4n) is 3.03. The van der Waals surface area contributed by atoms with E-state index in [4.69, 9.17) is 18.9 Å². The molecular weight excluding hydrogens is 272 g/mol. The molecule has 5 nitrogen and oxygen atoms in total. The monoisotopic (exact) mass is 292 g/mol. The van der Waals surface area contributed by atoms with Crippen molar-refractivity contribution in [3.63, 3.8) is 0 Å². The van der Waals surface area contributed by atoms with Gasteiger partial charge < -0.3 is 18.9 Å². The molecule has 2 atom stereocenters. The second-order valence-corrected chi connectivity index (χ2v) is 5.56. The van der Waals surface area contributed by atoms with Crippen LogP contribution in [0.3, 0.4) is 0 Å². The van der Waals surface area contributed by atoms with Gasteiger partial charge in [-0.1, -0.05) is 6.07 Å². The Morgan fingerprint density at radius 1 is 1.38 bits per heavy atom. The minimum absolute atomic E-state index is 0.00968. The predicted molar refractivity (Wildman–Crippen MR) is 76.2 cm³/mol. The molecule has 2 aliphatic heterocycles. The van der Waals surface area contributed by atoms with Gasteiger partial charge in [0.1, 0.15) is 6.10 Å². The van der Waals surface area contributed by atoms with Gasteiger partial charge in [0.15, 0.2) is 17.8 Å². The van der Waals surface area contributed by atoms with E-state index < -0.39 is 0 Å². The van der Waals surface area contributed by atoms with Crippen LogP contribution in [0.4, 0.5) is 0 Å². The van der Waals surface area contributed by atoms with Crippen molar-refractivity contribution >= 4 is 6.29 Å². The van der Waals surface area contributed by atoms with Crippen LogP contribution in [0.1, 0.15) is 29.6 Å². The van der Waals surface area contributed by atoms with Gasteiger partial charge in [0.2, 0.25) is 0 Å². The molecule has 3 rings (SSSR count).